The van der Waals surface area contributed by atoms with Gasteiger partial charge < -0.3 is 15.4 Å². The van der Waals surface area contributed by atoms with Gasteiger partial charge in [-0.3, -0.25) is 9.59 Å². The van der Waals surface area contributed by atoms with E-state index < -0.39 is 22.9 Å². The van der Waals surface area contributed by atoms with E-state index in [1.165, 1.54) is 6.07 Å². The number of carbonyl (C=O) groups is 2. The Balaban J connectivity index is 1.63. The molecule has 0 aliphatic carbocycles. The highest BCUT2D eigenvalue weighted by Crippen LogP contribution is 2.40. The van der Waals surface area contributed by atoms with Gasteiger partial charge in [0.1, 0.15) is 5.75 Å². The highest BCUT2D eigenvalue weighted by molar-refractivity contribution is 8.01. The standard InChI is InChI=1S/C19H17F3N2O3S/c1-2-27-13-6-4-12(5-7-13)23-17(25)10-16-18(26)24-14-9-11(19(20,21)22)3-8-15(14)28-16/h3-9,16H,2,10H2,1H3,(H,23,25)(H,24,26)/t16-/m0/s1. The summed E-state index contributed by atoms with van der Waals surface area (Å²) in [5.74, 6) is -0.191. The van der Waals surface area contributed by atoms with Gasteiger partial charge in [-0.25, -0.2) is 0 Å². The number of halogens is 3. The number of rotatable bonds is 5. The number of carbonyl (C=O) groups excluding carboxylic acids is 2. The summed E-state index contributed by atoms with van der Waals surface area (Å²) in [6.07, 6.45) is -4.59. The number of amides is 2. The molecule has 0 bridgehead atoms. The number of hydrogen-bond acceptors (Lipinski definition) is 4. The zero-order chi connectivity index (χ0) is 20.3. The maximum Gasteiger partial charge on any atom is 0.416 e. The Morgan fingerprint density at radius 2 is 1.93 bits per heavy atom. The van der Waals surface area contributed by atoms with E-state index in [0.29, 0.717) is 22.9 Å². The normalized spacial score (nSPS) is 16.1. The average molecular weight is 410 g/mol. The summed E-state index contributed by atoms with van der Waals surface area (Å²) in [4.78, 5) is 25.0. The first-order valence-corrected chi connectivity index (χ1v) is 9.35. The zero-order valence-corrected chi connectivity index (χ0v) is 15.6. The fourth-order valence-electron chi connectivity index (χ4n) is 2.64. The molecule has 28 heavy (non-hydrogen) atoms. The van der Waals surface area contributed by atoms with Crippen molar-refractivity contribution in [3.63, 3.8) is 0 Å². The summed E-state index contributed by atoms with van der Waals surface area (Å²) < 4.78 is 43.7. The van der Waals surface area contributed by atoms with Crippen LogP contribution in [0.25, 0.3) is 0 Å². The van der Waals surface area contributed by atoms with Crippen molar-refractivity contribution in [2.45, 2.75) is 29.7 Å². The number of ether oxygens (including phenoxy) is 1. The lowest BCUT2D eigenvalue weighted by Gasteiger charge is -2.24. The Labute approximate surface area is 163 Å². The highest BCUT2D eigenvalue weighted by Gasteiger charge is 2.34. The quantitative estimate of drug-likeness (QED) is 0.759. The second-order valence-corrected chi connectivity index (χ2v) is 7.26. The number of fused-ring (bicyclic) bond motifs is 1. The van der Waals surface area contributed by atoms with Crippen molar-refractivity contribution < 1.29 is 27.5 Å². The van der Waals surface area contributed by atoms with Crippen molar-refractivity contribution >= 4 is 35.0 Å². The van der Waals surface area contributed by atoms with Crippen LogP contribution < -0.4 is 15.4 Å². The molecule has 2 amide bonds. The van der Waals surface area contributed by atoms with E-state index in [1.54, 1.807) is 24.3 Å². The second-order valence-electron chi connectivity index (χ2n) is 6.01. The van der Waals surface area contributed by atoms with E-state index in [-0.39, 0.29) is 18.0 Å². The molecule has 2 aromatic rings. The maximum absolute atomic E-state index is 12.8. The summed E-state index contributed by atoms with van der Waals surface area (Å²) in [6.45, 7) is 2.40. The molecule has 3 rings (SSSR count). The predicted molar refractivity (Wildman–Crippen MR) is 101 cm³/mol. The molecule has 148 valence electrons. The number of thioether (sulfide) groups is 1. The van der Waals surface area contributed by atoms with E-state index in [4.69, 9.17) is 4.74 Å². The summed E-state index contributed by atoms with van der Waals surface area (Å²) in [6, 6.07) is 9.97. The molecule has 0 unspecified atom stereocenters. The topological polar surface area (TPSA) is 67.4 Å². The third kappa shape index (κ3) is 4.78. The lowest BCUT2D eigenvalue weighted by atomic mass is 10.1. The Bertz CT molecular complexity index is 885. The smallest absolute Gasteiger partial charge is 0.416 e. The first-order chi connectivity index (χ1) is 13.3. The van der Waals surface area contributed by atoms with Crippen molar-refractivity contribution in [3.8, 4) is 5.75 Å². The van der Waals surface area contributed by atoms with E-state index in [1.807, 2.05) is 6.92 Å². The Morgan fingerprint density at radius 3 is 2.57 bits per heavy atom. The SMILES string of the molecule is CCOc1ccc(NC(=O)C[C@@H]2Sc3ccc(C(F)(F)F)cc3NC2=O)cc1. The number of nitrogens with one attached hydrogen (secondary N) is 2. The molecule has 0 fully saturated rings. The van der Waals surface area contributed by atoms with E-state index in [0.717, 1.165) is 23.9 Å². The third-order valence-electron chi connectivity index (χ3n) is 3.95. The molecule has 0 radical (unpaired) electrons. The molecule has 1 aliphatic heterocycles. The minimum absolute atomic E-state index is 0.105. The molecular formula is C19H17F3N2O3S. The van der Waals surface area contributed by atoms with Crippen LogP contribution >= 0.6 is 11.8 Å². The van der Waals surface area contributed by atoms with Crippen LogP contribution in [0.1, 0.15) is 18.9 Å². The molecule has 5 nitrogen and oxygen atoms in total. The van der Waals surface area contributed by atoms with Crippen molar-refractivity contribution in [1.82, 2.24) is 0 Å². The van der Waals surface area contributed by atoms with Crippen LogP contribution in [0.3, 0.4) is 0 Å². The first-order valence-electron chi connectivity index (χ1n) is 8.47. The van der Waals surface area contributed by atoms with Crippen LogP contribution in [0.15, 0.2) is 47.4 Å². The van der Waals surface area contributed by atoms with Crippen LogP contribution in [0.2, 0.25) is 0 Å². The second kappa shape index (κ2) is 8.14. The maximum atomic E-state index is 12.8. The van der Waals surface area contributed by atoms with E-state index in [9.17, 15) is 22.8 Å². The molecule has 1 heterocycles. The van der Waals surface area contributed by atoms with Gasteiger partial charge in [-0.15, -0.1) is 11.8 Å². The van der Waals surface area contributed by atoms with Crippen molar-refractivity contribution in [2.75, 3.05) is 17.2 Å². The predicted octanol–water partition coefficient (Wildman–Crippen LogP) is 4.55. The van der Waals surface area contributed by atoms with Crippen LogP contribution in [0, 0.1) is 0 Å². The molecule has 0 saturated carbocycles. The van der Waals surface area contributed by atoms with Gasteiger partial charge in [0.15, 0.2) is 0 Å². The van der Waals surface area contributed by atoms with Crippen LogP contribution in [-0.2, 0) is 15.8 Å². The summed E-state index contributed by atoms with van der Waals surface area (Å²) >= 11 is 1.07. The highest BCUT2D eigenvalue weighted by atomic mass is 32.2. The van der Waals surface area contributed by atoms with Gasteiger partial charge in [-0.1, -0.05) is 0 Å². The Kier molecular flexibility index (Phi) is 5.83. The molecule has 2 N–H and O–H groups in total. The fourth-order valence-corrected chi connectivity index (χ4v) is 3.73. The Hall–Kier alpha value is -2.68. The molecular weight excluding hydrogens is 393 g/mol. The average Bonchev–Trinajstić information content (AvgIpc) is 2.63. The summed E-state index contributed by atoms with van der Waals surface area (Å²) in [5, 5.41) is 4.42. The van der Waals surface area contributed by atoms with E-state index >= 15 is 0 Å². The van der Waals surface area contributed by atoms with Crippen molar-refractivity contribution in [1.29, 1.82) is 0 Å². The minimum Gasteiger partial charge on any atom is -0.494 e. The van der Waals surface area contributed by atoms with Gasteiger partial charge in [0.2, 0.25) is 11.8 Å². The molecule has 0 saturated heterocycles. The Morgan fingerprint density at radius 1 is 1.21 bits per heavy atom. The fraction of sp³-hybridized carbons (Fsp3) is 0.263. The monoisotopic (exact) mass is 410 g/mol. The molecule has 9 heteroatoms. The van der Waals surface area contributed by atoms with Crippen molar-refractivity contribution in [2.24, 2.45) is 0 Å². The van der Waals surface area contributed by atoms with Gasteiger partial charge in [0.25, 0.3) is 0 Å². The van der Waals surface area contributed by atoms with Gasteiger partial charge in [-0.2, -0.15) is 13.2 Å². The van der Waals surface area contributed by atoms with Crippen LogP contribution in [0.4, 0.5) is 24.5 Å². The van der Waals surface area contributed by atoms with Gasteiger partial charge >= 0.3 is 6.18 Å². The summed E-state index contributed by atoms with van der Waals surface area (Å²) in [7, 11) is 0. The number of benzene rings is 2. The van der Waals surface area contributed by atoms with Gasteiger partial charge in [-0.05, 0) is 49.4 Å². The van der Waals surface area contributed by atoms with Crippen molar-refractivity contribution in [3.05, 3.63) is 48.0 Å². The first kappa shape index (κ1) is 20.1. The van der Waals surface area contributed by atoms with Gasteiger partial charge in [0.05, 0.1) is 23.1 Å². The third-order valence-corrected chi connectivity index (χ3v) is 5.22. The number of hydrogen-bond donors (Lipinski definition) is 2. The lowest BCUT2D eigenvalue weighted by Crippen LogP contribution is -2.32. The van der Waals surface area contributed by atoms with Crippen LogP contribution in [-0.4, -0.2) is 23.7 Å². The molecule has 1 aliphatic rings. The summed E-state index contributed by atoms with van der Waals surface area (Å²) in [5.41, 5.74) is -0.170. The number of alkyl halides is 3. The van der Waals surface area contributed by atoms with Crippen LogP contribution in [0.5, 0.6) is 5.75 Å². The zero-order valence-electron chi connectivity index (χ0n) is 14.8. The molecule has 0 spiro atoms. The largest absolute Gasteiger partial charge is 0.494 e. The molecule has 0 aromatic heterocycles. The lowest BCUT2D eigenvalue weighted by molar-refractivity contribution is -0.137. The molecule has 1 atom stereocenters. The van der Waals surface area contributed by atoms with E-state index in [2.05, 4.69) is 10.6 Å². The molecule has 2 aromatic carbocycles. The van der Waals surface area contributed by atoms with Gasteiger partial charge in [0, 0.05) is 17.0 Å². The number of anilines is 2. The minimum atomic E-state index is -4.49.